The largest absolute Gasteiger partial charge is 0.496 e. The number of halogens is 2. The molecular formula is C23H22ClFN2O4S. The maximum Gasteiger partial charge on any atom is 0.276 e. The molecule has 0 aromatic heterocycles. The van der Waals surface area contributed by atoms with Gasteiger partial charge in [0, 0.05) is 18.2 Å². The Morgan fingerprint density at radius 1 is 1.34 bits per heavy atom. The van der Waals surface area contributed by atoms with Crippen LogP contribution in [-0.4, -0.2) is 42.3 Å². The number of carbonyl (C=O) groups is 1. The van der Waals surface area contributed by atoms with Crippen molar-refractivity contribution in [3.63, 3.8) is 0 Å². The molecule has 9 heteroatoms. The van der Waals surface area contributed by atoms with Crippen molar-refractivity contribution in [2.45, 2.75) is 25.6 Å². The van der Waals surface area contributed by atoms with Crippen molar-refractivity contribution in [3.8, 4) is 11.5 Å². The van der Waals surface area contributed by atoms with Gasteiger partial charge < -0.3 is 19.5 Å². The van der Waals surface area contributed by atoms with Gasteiger partial charge in [0.1, 0.15) is 29.6 Å². The first-order chi connectivity index (χ1) is 15.4. The summed E-state index contributed by atoms with van der Waals surface area (Å²) in [6.07, 6.45) is 3.67. The highest BCUT2D eigenvalue weighted by molar-refractivity contribution is 7.80. The summed E-state index contributed by atoms with van der Waals surface area (Å²) in [4.78, 5) is 14.4. The van der Waals surface area contributed by atoms with Crippen molar-refractivity contribution in [2.75, 3.05) is 20.3 Å². The Morgan fingerprint density at radius 3 is 2.91 bits per heavy atom. The third kappa shape index (κ3) is 5.03. The van der Waals surface area contributed by atoms with E-state index in [2.05, 4.69) is 5.32 Å². The van der Waals surface area contributed by atoms with Gasteiger partial charge in [0.25, 0.3) is 5.91 Å². The third-order valence-corrected chi connectivity index (χ3v) is 5.89. The van der Waals surface area contributed by atoms with Crippen molar-refractivity contribution < 1.29 is 23.4 Å². The van der Waals surface area contributed by atoms with Crippen LogP contribution in [-0.2, 0) is 16.1 Å². The fourth-order valence-corrected chi connectivity index (χ4v) is 4.06. The molecule has 0 saturated carbocycles. The van der Waals surface area contributed by atoms with Crippen LogP contribution in [0.2, 0.25) is 5.02 Å². The van der Waals surface area contributed by atoms with Crippen LogP contribution in [0.15, 0.2) is 42.1 Å². The number of amides is 1. The Morgan fingerprint density at radius 2 is 2.19 bits per heavy atom. The average molecular weight is 477 g/mol. The van der Waals surface area contributed by atoms with E-state index >= 15 is 0 Å². The lowest BCUT2D eigenvalue weighted by Crippen LogP contribution is -2.37. The second-order valence-electron chi connectivity index (χ2n) is 7.47. The number of hydrogen-bond donors (Lipinski definition) is 1. The van der Waals surface area contributed by atoms with Crippen molar-refractivity contribution in [1.82, 2.24) is 10.2 Å². The molecule has 2 aliphatic rings. The summed E-state index contributed by atoms with van der Waals surface area (Å²) in [5.74, 6) is 0.372. The first-order valence-electron chi connectivity index (χ1n) is 10.2. The van der Waals surface area contributed by atoms with Crippen LogP contribution in [0, 0.1) is 5.82 Å². The first-order valence-corrected chi connectivity index (χ1v) is 10.9. The molecule has 2 fully saturated rings. The second kappa shape index (κ2) is 9.85. The Labute approximate surface area is 195 Å². The fourth-order valence-electron chi connectivity index (χ4n) is 3.62. The molecule has 2 heterocycles. The maximum atomic E-state index is 13.4. The summed E-state index contributed by atoms with van der Waals surface area (Å²) in [6, 6.07) is 9.66. The number of ether oxygens (including phenoxy) is 3. The van der Waals surface area contributed by atoms with Gasteiger partial charge in [0.05, 0.1) is 24.8 Å². The van der Waals surface area contributed by atoms with E-state index in [1.807, 2.05) is 12.1 Å². The molecular weight excluding hydrogens is 455 g/mol. The van der Waals surface area contributed by atoms with Gasteiger partial charge in [-0.15, -0.1) is 0 Å². The Kier molecular flexibility index (Phi) is 6.93. The monoisotopic (exact) mass is 476 g/mol. The number of methoxy groups -OCH3 is 1. The zero-order chi connectivity index (χ0) is 22.7. The lowest BCUT2D eigenvalue weighted by molar-refractivity contribution is -0.123. The fraction of sp³-hybridized carbons (Fsp3) is 0.304. The van der Waals surface area contributed by atoms with Crippen LogP contribution in [0.1, 0.15) is 24.0 Å². The van der Waals surface area contributed by atoms with Gasteiger partial charge >= 0.3 is 0 Å². The molecule has 168 valence electrons. The number of nitrogens with one attached hydrogen (secondary N) is 1. The molecule has 2 aromatic carbocycles. The van der Waals surface area contributed by atoms with E-state index in [0.717, 1.165) is 30.6 Å². The SMILES string of the molecule is COc1ccc(/C=C2/NC(=S)N(CC3CCCO3)C2=O)cc1COc1ccc(F)c(Cl)c1. The molecule has 1 unspecified atom stereocenters. The normalized spacial score (nSPS) is 19.5. The molecule has 0 radical (unpaired) electrons. The molecule has 2 aliphatic heterocycles. The van der Waals surface area contributed by atoms with Gasteiger partial charge in [0.15, 0.2) is 5.11 Å². The molecule has 6 nitrogen and oxygen atoms in total. The molecule has 32 heavy (non-hydrogen) atoms. The zero-order valence-corrected chi connectivity index (χ0v) is 19.0. The Bertz CT molecular complexity index is 1070. The quantitative estimate of drug-likeness (QED) is 0.475. The summed E-state index contributed by atoms with van der Waals surface area (Å²) in [7, 11) is 1.56. The zero-order valence-electron chi connectivity index (χ0n) is 17.4. The van der Waals surface area contributed by atoms with E-state index in [1.165, 1.54) is 18.2 Å². The van der Waals surface area contributed by atoms with Crippen LogP contribution in [0.3, 0.4) is 0 Å². The van der Waals surface area contributed by atoms with Crippen molar-refractivity contribution in [1.29, 1.82) is 0 Å². The van der Waals surface area contributed by atoms with E-state index in [1.54, 1.807) is 24.2 Å². The number of nitrogens with zero attached hydrogens (tertiary/aromatic N) is 1. The lowest BCUT2D eigenvalue weighted by atomic mass is 10.1. The molecule has 2 saturated heterocycles. The van der Waals surface area contributed by atoms with Crippen LogP contribution >= 0.6 is 23.8 Å². The molecule has 0 bridgehead atoms. The van der Waals surface area contributed by atoms with E-state index in [9.17, 15) is 9.18 Å². The molecule has 0 aliphatic carbocycles. The predicted octanol–water partition coefficient (Wildman–Crippen LogP) is 4.30. The van der Waals surface area contributed by atoms with Crippen molar-refractivity contribution in [3.05, 3.63) is 64.1 Å². The number of benzene rings is 2. The third-order valence-electron chi connectivity index (χ3n) is 5.27. The summed E-state index contributed by atoms with van der Waals surface area (Å²) < 4.78 is 30.2. The molecule has 2 aromatic rings. The highest BCUT2D eigenvalue weighted by Gasteiger charge is 2.33. The Hall–Kier alpha value is -2.68. The minimum absolute atomic E-state index is 0.0118. The number of thiocarbonyl (C=S) groups is 1. The van der Waals surface area contributed by atoms with Gasteiger partial charge in [0.2, 0.25) is 0 Å². The topological polar surface area (TPSA) is 60.0 Å². The lowest BCUT2D eigenvalue weighted by Gasteiger charge is -2.18. The van der Waals surface area contributed by atoms with E-state index in [0.29, 0.717) is 28.9 Å². The number of hydrogen-bond acceptors (Lipinski definition) is 5. The summed E-state index contributed by atoms with van der Waals surface area (Å²) in [5.41, 5.74) is 1.93. The van der Waals surface area contributed by atoms with Gasteiger partial charge in [-0.3, -0.25) is 9.69 Å². The van der Waals surface area contributed by atoms with Gasteiger partial charge in [-0.2, -0.15) is 0 Å². The van der Waals surface area contributed by atoms with Crippen LogP contribution in [0.5, 0.6) is 11.5 Å². The van der Waals surface area contributed by atoms with E-state index in [4.69, 9.17) is 38.0 Å². The molecule has 1 amide bonds. The average Bonchev–Trinajstić information content (AvgIpc) is 3.39. The first kappa shape index (κ1) is 22.5. The summed E-state index contributed by atoms with van der Waals surface area (Å²) >= 11 is 11.2. The molecule has 1 atom stereocenters. The minimum Gasteiger partial charge on any atom is -0.496 e. The highest BCUT2D eigenvalue weighted by atomic mass is 35.5. The summed E-state index contributed by atoms with van der Waals surface area (Å²) in [5, 5.41) is 3.36. The van der Waals surface area contributed by atoms with Crippen LogP contribution < -0.4 is 14.8 Å². The second-order valence-corrected chi connectivity index (χ2v) is 8.27. The number of carbonyl (C=O) groups excluding carboxylic acids is 1. The van der Waals surface area contributed by atoms with Gasteiger partial charge in [-0.1, -0.05) is 17.7 Å². The standard InChI is InChI=1S/C23H22ClFN2O4S/c1-29-21-7-4-14(9-15(21)13-31-16-5-6-19(25)18(24)11-16)10-20-22(28)27(23(32)26-20)12-17-3-2-8-30-17/h4-7,9-11,17H,2-3,8,12-13H2,1H3,(H,26,32)/b20-10+. The molecule has 1 N–H and O–H groups in total. The molecule has 4 rings (SSSR count). The van der Waals surface area contributed by atoms with Crippen LogP contribution in [0.25, 0.3) is 6.08 Å². The van der Waals surface area contributed by atoms with E-state index < -0.39 is 5.82 Å². The highest BCUT2D eigenvalue weighted by Crippen LogP contribution is 2.26. The Balaban J connectivity index is 1.49. The minimum atomic E-state index is -0.509. The van der Waals surface area contributed by atoms with Crippen LogP contribution in [0.4, 0.5) is 4.39 Å². The van der Waals surface area contributed by atoms with Gasteiger partial charge in [-0.05, 0) is 61.0 Å². The van der Waals surface area contributed by atoms with E-state index in [-0.39, 0.29) is 23.6 Å². The predicted molar refractivity (Wildman–Crippen MR) is 123 cm³/mol. The maximum absolute atomic E-state index is 13.4. The summed E-state index contributed by atoms with van der Waals surface area (Å²) in [6.45, 7) is 1.34. The molecule has 0 spiro atoms. The smallest absolute Gasteiger partial charge is 0.276 e. The number of rotatable bonds is 7. The van der Waals surface area contributed by atoms with Gasteiger partial charge in [-0.25, -0.2) is 4.39 Å². The van der Waals surface area contributed by atoms with Crippen molar-refractivity contribution >= 4 is 40.9 Å². The van der Waals surface area contributed by atoms with Crippen molar-refractivity contribution in [2.24, 2.45) is 0 Å².